The lowest BCUT2D eigenvalue weighted by Gasteiger charge is -2.11. The second kappa shape index (κ2) is 9.07. The molecule has 1 aromatic carbocycles. The third-order valence-electron chi connectivity index (χ3n) is 4.04. The Hall–Kier alpha value is -3.56. The van der Waals surface area contributed by atoms with Crippen LogP contribution < -0.4 is 0 Å². The molecule has 0 aliphatic heterocycles. The van der Waals surface area contributed by atoms with Crippen LogP contribution in [0.4, 0.5) is 17.6 Å². The molecule has 0 bridgehead atoms. The van der Waals surface area contributed by atoms with Gasteiger partial charge < -0.3 is 4.74 Å². The highest BCUT2D eigenvalue weighted by atomic mass is 19.4. The van der Waals surface area contributed by atoms with Crippen LogP contribution in [0.3, 0.4) is 0 Å². The lowest BCUT2D eigenvalue weighted by Crippen LogP contribution is -2.13. The molecule has 162 valence electrons. The summed E-state index contributed by atoms with van der Waals surface area (Å²) in [6.07, 6.45) is 0.551. The molecule has 2 aromatic heterocycles. The van der Waals surface area contributed by atoms with Crippen LogP contribution in [-0.2, 0) is 22.4 Å². The number of halogens is 4. The van der Waals surface area contributed by atoms with E-state index < -0.39 is 24.4 Å². The average molecular weight is 434 g/mol. The highest BCUT2D eigenvalue weighted by Gasteiger charge is 2.31. The molecule has 3 rings (SSSR count). The fourth-order valence-electron chi connectivity index (χ4n) is 2.71. The monoisotopic (exact) mass is 434 g/mol. The number of esters is 1. The normalized spacial score (nSPS) is 12.3. The first-order valence-electron chi connectivity index (χ1n) is 9.19. The standard InChI is InChI=1S/C21H18F4N4O2/c1-13(2)31-20(30)18(15-4-3-5-26-10-15)11-29-12-27-19(28-29)16-6-14(9-22)7-17(8-16)21(23,24)25/h3-8,10-13H,9H2,1-2H3/b18-11+. The minimum absolute atomic E-state index is 0.00214. The molecule has 3 aromatic rings. The molecular formula is C21H18F4N4O2. The number of pyridine rings is 1. The average Bonchev–Trinajstić information content (AvgIpc) is 3.20. The van der Waals surface area contributed by atoms with Gasteiger partial charge >= 0.3 is 12.1 Å². The van der Waals surface area contributed by atoms with Crippen molar-refractivity contribution < 1.29 is 27.1 Å². The van der Waals surface area contributed by atoms with E-state index in [9.17, 15) is 22.4 Å². The summed E-state index contributed by atoms with van der Waals surface area (Å²) < 4.78 is 58.9. The zero-order chi connectivity index (χ0) is 22.6. The number of alkyl halides is 4. The number of benzene rings is 1. The van der Waals surface area contributed by atoms with Gasteiger partial charge in [-0.15, -0.1) is 5.10 Å². The minimum atomic E-state index is -4.64. The van der Waals surface area contributed by atoms with Crippen LogP contribution in [0.15, 0.2) is 49.1 Å². The quantitative estimate of drug-likeness (QED) is 0.317. The number of hydrogen-bond acceptors (Lipinski definition) is 5. The van der Waals surface area contributed by atoms with Crippen molar-refractivity contribution in [3.8, 4) is 11.4 Å². The fourth-order valence-corrected chi connectivity index (χ4v) is 2.71. The van der Waals surface area contributed by atoms with Gasteiger partial charge in [-0.05, 0) is 43.7 Å². The third-order valence-corrected chi connectivity index (χ3v) is 4.04. The van der Waals surface area contributed by atoms with Crippen molar-refractivity contribution >= 4 is 17.7 Å². The molecular weight excluding hydrogens is 416 g/mol. The fraction of sp³-hybridized carbons (Fsp3) is 0.238. The van der Waals surface area contributed by atoms with E-state index in [-0.39, 0.29) is 28.6 Å². The van der Waals surface area contributed by atoms with Crippen LogP contribution in [0.2, 0.25) is 0 Å². The van der Waals surface area contributed by atoms with Crippen molar-refractivity contribution in [3.63, 3.8) is 0 Å². The molecule has 10 heteroatoms. The Morgan fingerprint density at radius 1 is 1.26 bits per heavy atom. The van der Waals surface area contributed by atoms with E-state index in [1.165, 1.54) is 29.5 Å². The molecule has 0 radical (unpaired) electrons. The van der Waals surface area contributed by atoms with Gasteiger partial charge in [0.2, 0.25) is 0 Å². The van der Waals surface area contributed by atoms with Gasteiger partial charge in [0.25, 0.3) is 0 Å². The maximum Gasteiger partial charge on any atom is 0.416 e. The van der Waals surface area contributed by atoms with Gasteiger partial charge in [-0.1, -0.05) is 6.07 Å². The highest BCUT2D eigenvalue weighted by molar-refractivity contribution is 6.20. The van der Waals surface area contributed by atoms with Crippen LogP contribution in [0.5, 0.6) is 0 Å². The van der Waals surface area contributed by atoms with E-state index >= 15 is 0 Å². The van der Waals surface area contributed by atoms with Gasteiger partial charge in [0.1, 0.15) is 13.0 Å². The molecule has 0 atom stereocenters. The zero-order valence-corrected chi connectivity index (χ0v) is 16.6. The number of ether oxygens (including phenoxy) is 1. The lowest BCUT2D eigenvalue weighted by molar-refractivity contribution is -0.140. The van der Waals surface area contributed by atoms with E-state index in [1.54, 1.807) is 32.2 Å². The molecule has 0 unspecified atom stereocenters. The largest absolute Gasteiger partial charge is 0.459 e. The van der Waals surface area contributed by atoms with Crippen molar-refractivity contribution in [3.05, 3.63) is 65.7 Å². The number of aromatic nitrogens is 4. The Kier molecular flexibility index (Phi) is 6.47. The predicted molar refractivity (Wildman–Crippen MR) is 105 cm³/mol. The van der Waals surface area contributed by atoms with Crippen LogP contribution >= 0.6 is 0 Å². The van der Waals surface area contributed by atoms with Gasteiger partial charge in [-0.3, -0.25) is 4.98 Å². The van der Waals surface area contributed by atoms with Crippen LogP contribution in [0.25, 0.3) is 23.2 Å². The van der Waals surface area contributed by atoms with Crippen LogP contribution in [0, 0.1) is 0 Å². The molecule has 0 amide bonds. The van der Waals surface area contributed by atoms with Crippen LogP contribution in [0.1, 0.15) is 30.5 Å². The molecule has 6 nitrogen and oxygen atoms in total. The van der Waals surface area contributed by atoms with Crippen molar-refractivity contribution in [2.24, 2.45) is 0 Å². The highest BCUT2D eigenvalue weighted by Crippen LogP contribution is 2.33. The predicted octanol–water partition coefficient (Wildman–Crippen LogP) is 4.78. The van der Waals surface area contributed by atoms with Gasteiger partial charge in [0.05, 0.1) is 17.2 Å². The first kappa shape index (κ1) is 22.1. The second-order valence-corrected chi connectivity index (χ2v) is 6.84. The second-order valence-electron chi connectivity index (χ2n) is 6.84. The molecule has 0 aliphatic carbocycles. The first-order valence-corrected chi connectivity index (χ1v) is 9.19. The molecule has 0 spiro atoms. The molecule has 0 saturated carbocycles. The number of hydrogen-bond donors (Lipinski definition) is 0. The van der Waals surface area contributed by atoms with Gasteiger partial charge in [0, 0.05) is 29.7 Å². The number of carbonyl (C=O) groups excluding carboxylic acids is 1. The van der Waals surface area contributed by atoms with Gasteiger partial charge in [0.15, 0.2) is 5.82 Å². The molecule has 0 saturated heterocycles. The molecule has 0 aliphatic rings. The lowest BCUT2D eigenvalue weighted by atomic mass is 10.1. The maximum atomic E-state index is 13.1. The van der Waals surface area contributed by atoms with E-state index in [4.69, 9.17) is 4.74 Å². The van der Waals surface area contributed by atoms with Crippen molar-refractivity contribution in [2.45, 2.75) is 32.8 Å². The van der Waals surface area contributed by atoms with E-state index in [2.05, 4.69) is 15.1 Å². The Bertz CT molecular complexity index is 1090. The summed E-state index contributed by atoms with van der Waals surface area (Å²) in [6, 6.07) is 6.12. The Labute approximate surface area is 175 Å². The first-order chi connectivity index (χ1) is 14.7. The van der Waals surface area contributed by atoms with E-state index in [1.807, 2.05) is 0 Å². The molecule has 31 heavy (non-hydrogen) atoms. The Balaban J connectivity index is 2.02. The summed E-state index contributed by atoms with van der Waals surface area (Å²) >= 11 is 0. The third kappa shape index (κ3) is 5.53. The minimum Gasteiger partial charge on any atom is -0.459 e. The zero-order valence-electron chi connectivity index (χ0n) is 16.6. The summed E-state index contributed by atoms with van der Waals surface area (Å²) in [7, 11) is 0. The van der Waals surface area contributed by atoms with Crippen molar-refractivity contribution in [1.29, 1.82) is 0 Å². The Morgan fingerprint density at radius 3 is 2.65 bits per heavy atom. The summed E-state index contributed by atoms with van der Waals surface area (Å²) in [4.78, 5) is 20.5. The van der Waals surface area contributed by atoms with Gasteiger partial charge in [-0.2, -0.15) is 13.2 Å². The van der Waals surface area contributed by atoms with Gasteiger partial charge in [-0.25, -0.2) is 18.9 Å². The number of rotatable bonds is 6. The van der Waals surface area contributed by atoms with E-state index in [0.717, 1.165) is 12.1 Å². The summed E-state index contributed by atoms with van der Waals surface area (Å²) in [5.74, 6) is -0.682. The van der Waals surface area contributed by atoms with Crippen molar-refractivity contribution in [1.82, 2.24) is 19.7 Å². The summed E-state index contributed by atoms with van der Waals surface area (Å²) in [5, 5.41) is 4.12. The summed E-state index contributed by atoms with van der Waals surface area (Å²) in [5.41, 5.74) is -0.549. The summed E-state index contributed by atoms with van der Waals surface area (Å²) in [6.45, 7) is 2.33. The van der Waals surface area contributed by atoms with Crippen molar-refractivity contribution in [2.75, 3.05) is 0 Å². The molecule has 2 heterocycles. The SMILES string of the molecule is CC(C)OC(=O)/C(=C/n1cnc(-c2cc(CF)cc(C(F)(F)F)c2)n1)c1cccnc1. The Morgan fingerprint density at radius 2 is 2.03 bits per heavy atom. The van der Waals surface area contributed by atoms with E-state index in [0.29, 0.717) is 5.56 Å². The number of nitrogens with zero attached hydrogens (tertiary/aromatic N) is 4. The smallest absolute Gasteiger partial charge is 0.416 e. The topological polar surface area (TPSA) is 69.9 Å². The molecule has 0 N–H and O–H groups in total. The van der Waals surface area contributed by atoms with Crippen LogP contribution in [-0.4, -0.2) is 31.8 Å². The number of carbonyl (C=O) groups is 1. The molecule has 0 fully saturated rings. The maximum absolute atomic E-state index is 13.1.